The van der Waals surface area contributed by atoms with Gasteiger partial charge in [-0.05, 0) is 42.7 Å². The van der Waals surface area contributed by atoms with Crippen LogP contribution in [0.4, 0.5) is 0 Å². The van der Waals surface area contributed by atoms with Gasteiger partial charge in [-0.25, -0.2) is 0 Å². The summed E-state index contributed by atoms with van der Waals surface area (Å²) in [5.41, 5.74) is 1.02. The van der Waals surface area contributed by atoms with Crippen molar-refractivity contribution >= 4 is 17.5 Å². The first kappa shape index (κ1) is 19.3. The zero-order valence-electron chi connectivity index (χ0n) is 14.7. The van der Waals surface area contributed by atoms with Gasteiger partial charge in [0.1, 0.15) is 5.75 Å². The summed E-state index contributed by atoms with van der Waals surface area (Å²) in [7, 11) is 1.66. The van der Waals surface area contributed by atoms with Gasteiger partial charge >= 0.3 is 0 Å². The number of halogens is 1. The Balaban J connectivity index is 0.000000236. The van der Waals surface area contributed by atoms with Gasteiger partial charge in [0.05, 0.1) is 13.5 Å². The minimum Gasteiger partial charge on any atom is -0.497 e. The second-order valence-electron chi connectivity index (χ2n) is 6.22. The number of carbonyl (C=O) groups is 1. The molecule has 3 rings (SSSR count). The molecule has 0 atom stereocenters. The fourth-order valence-corrected chi connectivity index (χ4v) is 3.00. The number of hydrogen-bond acceptors (Lipinski definition) is 2. The van der Waals surface area contributed by atoms with Crippen molar-refractivity contribution < 1.29 is 9.53 Å². The quantitative estimate of drug-likeness (QED) is 0.831. The molecule has 0 heterocycles. The molecule has 0 spiro atoms. The van der Waals surface area contributed by atoms with Gasteiger partial charge in [0.2, 0.25) is 5.91 Å². The Morgan fingerprint density at radius 3 is 2.24 bits per heavy atom. The summed E-state index contributed by atoms with van der Waals surface area (Å²) in [6, 6.07) is 17.5. The molecular formula is C21H26ClNO2. The SMILES string of the molecule is COc1ccccc1.O=C(Cc1ccc(Cl)cc1)NC1CCCCC1. The lowest BCUT2D eigenvalue weighted by molar-refractivity contribution is -0.121. The van der Waals surface area contributed by atoms with Gasteiger partial charge in [0.25, 0.3) is 0 Å². The molecule has 1 aliphatic carbocycles. The van der Waals surface area contributed by atoms with Gasteiger partial charge in [0, 0.05) is 11.1 Å². The van der Waals surface area contributed by atoms with Gasteiger partial charge in [-0.3, -0.25) is 4.79 Å². The van der Waals surface area contributed by atoms with Crippen LogP contribution in [-0.2, 0) is 11.2 Å². The van der Waals surface area contributed by atoms with E-state index in [2.05, 4.69) is 5.32 Å². The molecule has 0 aliphatic heterocycles. The van der Waals surface area contributed by atoms with Crippen LogP contribution < -0.4 is 10.1 Å². The lowest BCUT2D eigenvalue weighted by Gasteiger charge is -2.22. The normalized spacial score (nSPS) is 14.2. The van der Waals surface area contributed by atoms with Crippen LogP contribution in [0.15, 0.2) is 54.6 Å². The Kier molecular flexibility index (Phi) is 8.33. The van der Waals surface area contributed by atoms with Gasteiger partial charge < -0.3 is 10.1 Å². The molecule has 2 aromatic carbocycles. The van der Waals surface area contributed by atoms with E-state index in [1.165, 1.54) is 19.3 Å². The second kappa shape index (κ2) is 10.8. The highest BCUT2D eigenvalue weighted by molar-refractivity contribution is 6.30. The lowest BCUT2D eigenvalue weighted by Crippen LogP contribution is -2.37. The van der Waals surface area contributed by atoms with Gasteiger partial charge in [-0.2, -0.15) is 0 Å². The highest BCUT2D eigenvalue weighted by Gasteiger charge is 2.15. The summed E-state index contributed by atoms with van der Waals surface area (Å²) < 4.78 is 4.91. The summed E-state index contributed by atoms with van der Waals surface area (Å²) in [6.07, 6.45) is 6.51. The lowest BCUT2D eigenvalue weighted by atomic mass is 9.95. The zero-order chi connectivity index (χ0) is 17.9. The topological polar surface area (TPSA) is 38.3 Å². The highest BCUT2D eigenvalue weighted by Crippen LogP contribution is 2.17. The van der Waals surface area contributed by atoms with Crippen molar-refractivity contribution in [3.8, 4) is 5.75 Å². The van der Waals surface area contributed by atoms with Crippen molar-refractivity contribution in [2.75, 3.05) is 7.11 Å². The molecule has 1 saturated carbocycles. The summed E-state index contributed by atoms with van der Waals surface area (Å²) in [5.74, 6) is 1.03. The zero-order valence-corrected chi connectivity index (χ0v) is 15.5. The molecule has 0 unspecified atom stereocenters. The molecule has 2 aromatic rings. The summed E-state index contributed by atoms with van der Waals surface area (Å²) in [4.78, 5) is 11.8. The van der Waals surface area contributed by atoms with Crippen molar-refractivity contribution in [1.29, 1.82) is 0 Å². The van der Waals surface area contributed by atoms with Gasteiger partial charge in [0.15, 0.2) is 0 Å². The third kappa shape index (κ3) is 7.61. The van der Waals surface area contributed by atoms with Crippen LogP contribution in [0.2, 0.25) is 5.02 Å². The van der Waals surface area contributed by atoms with Crippen LogP contribution in [0.25, 0.3) is 0 Å². The van der Waals surface area contributed by atoms with E-state index in [0.717, 1.165) is 24.2 Å². The van der Waals surface area contributed by atoms with Crippen LogP contribution in [0.5, 0.6) is 5.75 Å². The first-order chi connectivity index (χ1) is 12.2. The van der Waals surface area contributed by atoms with Crippen molar-refractivity contribution in [2.24, 2.45) is 0 Å². The Morgan fingerprint density at radius 1 is 1.04 bits per heavy atom. The van der Waals surface area contributed by atoms with E-state index < -0.39 is 0 Å². The van der Waals surface area contributed by atoms with Crippen molar-refractivity contribution in [3.05, 3.63) is 65.2 Å². The monoisotopic (exact) mass is 359 g/mol. The third-order valence-electron chi connectivity index (χ3n) is 4.23. The van der Waals surface area contributed by atoms with Crippen LogP contribution in [0.3, 0.4) is 0 Å². The van der Waals surface area contributed by atoms with E-state index in [0.29, 0.717) is 17.5 Å². The van der Waals surface area contributed by atoms with E-state index in [1.807, 2.05) is 54.6 Å². The first-order valence-corrected chi connectivity index (χ1v) is 9.18. The summed E-state index contributed by atoms with van der Waals surface area (Å²) in [6.45, 7) is 0. The number of amides is 1. The van der Waals surface area contributed by atoms with E-state index >= 15 is 0 Å². The number of hydrogen-bond donors (Lipinski definition) is 1. The highest BCUT2D eigenvalue weighted by atomic mass is 35.5. The van der Waals surface area contributed by atoms with E-state index in [-0.39, 0.29) is 5.91 Å². The number of nitrogens with one attached hydrogen (secondary N) is 1. The van der Waals surface area contributed by atoms with Gasteiger partial charge in [-0.15, -0.1) is 0 Å². The minimum atomic E-state index is 0.124. The minimum absolute atomic E-state index is 0.124. The average Bonchev–Trinajstić information content (AvgIpc) is 2.65. The standard InChI is InChI=1S/C14H18ClNO.C7H8O/c15-12-8-6-11(7-9-12)10-14(17)16-13-4-2-1-3-5-13;1-8-7-5-3-2-4-6-7/h6-9,13H,1-5,10H2,(H,16,17);2-6H,1H3. The van der Waals surface area contributed by atoms with Crippen molar-refractivity contribution in [3.63, 3.8) is 0 Å². The maximum atomic E-state index is 11.8. The van der Waals surface area contributed by atoms with Crippen molar-refractivity contribution in [2.45, 2.75) is 44.6 Å². The molecule has 4 heteroatoms. The Bertz CT molecular complexity index is 622. The molecule has 1 amide bonds. The average molecular weight is 360 g/mol. The third-order valence-corrected chi connectivity index (χ3v) is 4.48. The number of ether oxygens (including phenoxy) is 1. The Labute approximate surface area is 155 Å². The number of methoxy groups -OCH3 is 1. The summed E-state index contributed by atoms with van der Waals surface area (Å²) >= 11 is 5.80. The van der Waals surface area contributed by atoms with E-state index in [4.69, 9.17) is 16.3 Å². The molecule has 3 nitrogen and oxygen atoms in total. The first-order valence-electron chi connectivity index (χ1n) is 8.80. The molecule has 0 aromatic heterocycles. The molecule has 25 heavy (non-hydrogen) atoms. The molecule has 1 N–H and O–H groups in total. The molecule has 0 bridgehead atoms. The maximum absolute atomic E-state index is 11.8. The second-order valence-corrected chi connectivity index (χ2v) is 6.66. The Hall–Kier alpha value is -2.00. The van der Waals surface area contributed by atoms with E-state index in [9.17, 15) is 4.79 Å². The molecule has 0 saturated heterocycles. The van der Waals surface area contributed by atoms with Crippen molar-refractivity contribution in [1.82, 2.24) is 5.32 Å². The van der Waals surface area contributed by atoms with Crippen LogP contribution in [0, 0.1) is 0 Å². The number of rotatable bonds is 4. The predicted octanol–water partition coefficient (Wildman–Crippen LogP) is 5.03. The fourth-order valence-electron chi connectivity index (χ4n) is 2.87. The summed E-state index contributed by atoms with van der Waals surface area (Å²) in [5, 5.41) is 3.82. The molecule has 0 radical (unpaired) electrons. The number of carbonyl (C=O) groups excluding carboxylic acids is 1. The molecular weight excluding hydrogens is 334 g/mol. The Morgan fingerprint density at radius 2 is 1.68 bits per heavy atom. The number of para-hydroxylation sites is 1. The molecule has 1 fully saturated rings. The molecule has 1 aliphatic rings. The predicted molar refractivity (Wildman–Crippen MR) is 103 cm³/mol. The maximum Gasteiger partial charge on any atom is 0.224 e. The largest absolute Gasteiger partial charge is 0.497 e. The smallest absolute Gasteiger partial charge is 0.224 e. The number of benzene rings is 2. The van der Waals surface area contributed by atoms with Gasteiger partial charge in [-0.1, -0.05) is 61.2 Å². The molecule has 134 valence electrons. The van der Waals surface area contributed by atoms with E-state index in [1.54, 1.807) is 7.11 Å². The van der Waals surface area contributed by atoms with Crippen LogP contribution in [-0.4, -0.2) is 19.1 Å². The fraction of sp³-hybridized carbons (Fsp3) is 0.381. The van der Waals surface area contributed by atoms with Crippen LogP contribution >= 0.6 is 11.6 Å². The van der Waals surface area contributed by atoms with Crippen LogP contribution in [0.1, 0.15) is 37.7 Å².